The number of rotatable bonds is 4. The fourth-order valence-corrected chi connectivity index (χ4v) is 4.51. The summed E-state index contributed by atoms with van der Waals surface area (Å²) in [5.41, 5.74) is 3.75. The largest absolute Gasteiger partial charge is 1.00 e. The van der Waals surface area contributed by atoms with Gasteiger partial charge in [-0.15, -0.1) is 0 Å². The number of fused-ring (bicyclic) bond motifs is 2. The number of nitrogens with zero attached hydrogens (tertiary/aromatic N) is 2. The van der Waals surface area contributed by atoms with E-state index in [1.165, 1.54) is 32.1 Å². The van der Waals surface area contributed by atoms with E-state index < -0.39 is 0 Å². The molecule has 3 nitrogen and oxygen atoms in total. The van der Waals surface area contributed by atoms with Crippen LogP contribution < -0.4 is 38.2 Å². The molecule has 140 valence electrons. The summed E-state index contributed by atoms with van der Waals surface area (Å²) in [6.45, 7) is 5.85. The molecule has 0 amide bonds. The Bertz CT molecular complexity index is 1000. The minimum absolute atomic E-state index is 0. The Hall–Kier alpha value is -1.73. The average Bonchev–Trinajstić information content (AvgIpc) is 2.97. The highest BCUT2D eigenvalue weighted by molar-refractivity contribution is 8.03. The van der Waals surface area contributed by atoms with E-state index >= 15 is 0 Å². The van der Waals surface area contributed by atoms with E-state index in [0.29, 0.717) is 6.61 Å². The Morgan fingerprint density at radius 1 is 1.11 bits per heavy atom. The summed E-state index contributed by atoms with van der Waals surface area (Å²) < 4.78 is 7.93. The maximum Gasteiger partial charge on any atom is 0.213 e. The van der Waals surface area contributed by atoms with Gasteiger partial charge in [0.1, 0.15) is 12.3 Å². The normalized spacial score (nSPS) is 14.3. The van der Waals surface area contributed by atoms with Crippen LogP contribution in [0.25, 0.3) is 17.0 Å². The van der Waals surface area contributed by atoms with Crippen molar-refractivity contribution in [2.24, 2.45) is 0 Å². The van der Waals surface area contributed by atoms with Crippen molar-refractivity contribution in [2.45, 2.75) is 25.3 Å². The fourth-order valence-electron chi connectivity index (χ4n) is 3.38. The van der Waals surface area contributed by atoms with Crippen molar-refractivity contribution in [1.82, 2.24) is 0 Å². The number of hydrogen-bond donors (Lipinski definition) is 0. The molecule has 2 heterocycles. The van der Waals surface area contributed by atoms with Gasteiger partial charge in [-0.25, -0.2) is 0 Å². The first-order chi connectivity index (χ1) is 12.7. The zero-order chi connectivity index (χ0) is 18.1. The molecule has 1 aliphatic heterocycles. The Labute approximate surface area is 182 Å². The van der Waals surface area contributed by atoms with Gasteiger partial charge in [-0.05, 0) is 49.8 Å². The van der Waals surface area contributed by atoms with Crippen molar-refractivity contribution >= 4 is 34.4 Å². The molecular weight excluding hydrogens is 467 g/mol. The summed E-state index contributed by atoms with van der Waals surface area (Å²) in [7, 11) is 2.13. The van der Waals surface area contributed by atoms with Crippen molar-refractivity contribution in [3.05, 3.63) is 65.3 Å². The van der Waals surface area contributed by atoms with E-state index in [1.807, 2.05) is 13.0 Å². The van der Waals surface area contributed by atoms with Crippen LogP contribution in [0.15, 0.2) is 64.7 Å². The van der Waals surface area contributed by atoms with E-state index in [2.05, 4.69) is 78.2 Å². The van der Waals surface area contributed by atoms with Crippen molar-refractivity contribution in [2.75, 3.05) is 18.6 Å². The molecule has 0 unspecified atom stereocenters. The van der Waals surface area contributed by atoms with Crippen LogP contribution in [0.1, 0.15) is 19.4 Å². The number of benzene rings is 2. The van der Waals surface area contributed by atoms with Crippen molar-refractivity contribution in [3.63, 3.8) is 0 Å². The van der Waals surface area contributed by atoms with E-state index in [0.717, 1.165) is 12.3 Å². The lowest BCUT2D eigenvalue weighted by atomic mass is 10.1. The fraction of sp³-hybridized carbons (Fsp3) is 0.227. The van der Waals surface area contributed by atoms with Crippen LogP contribution in [0, 0.1) is 0 Å². The molecule has 1 aromatic heterocycles. The number of thioether (sulfide) groups is 1. The molecule has 0 bridgehead atoms. The molecule has 0 spiro atoms. The van der Waals surface area contributed by atoms with Gasteiger partial charge in [-0.1, -0.05) is 23.9 Å². The first-order valence-electron chi connectivity index (χ1n) is 9.02. The third kappa shape index (κ3) is 3.80. The second-order valence-electron chi connectivity index (χ2n) is 6.28. The molecule has 0 atom stereocenters. The van der Waals surface area contributed by atoms with Crippen LogP contribution in [-0.2, 0) is 6.54 Å². The molecule has 0 saturated carbocycles. The second-order valence-corrected chi connectivity index (χ2v) is 7.34. The van der Waals surface area contributed by atoms with Crippen LogP contribution in [-0.4, -0.2) is 13.7 Å². The van der Waals surface area contributed by atoms with E-state index in [4.69, 9.17) is 4.74 Å². The summed E-state index contributed by atoms with van der Waals surface area (Å²) in [6, 6.07) is 17.1. The second kappa shape index (κ2) is 8.52. The molecule has 0 radical (unpaired) electrons. The highest BCUT2D eigenvalue weighted by Gasteiger charge is 2.23. The monoisotopic (exact) mass is 490 g/mol. The van der Waals surface area contributed by atoms with E-state index in [9.17, 15) is 0 Å². The van der Waals surface area contributed by atoms with Gasteiger partial charge in [0.2, 0.25) is 5.52 Å². The zero-order valence-corrected chi connectivity index (χ0v) is 18.8. The quantitative estimate of drug-likeness (QED) is 0.412. The number of hydrogen-bond acceptors (Lipinski definition) is 3. The van der Waals surface area contributed by atoms with Gasteiger partial charge in [0, 0.05) is 24.1 Å². The molecule has 27 heavy (non-hydrogen) atoms. The molecule has 2 aromatic carbocycles. The van der Waals surface area contributed by atoms with Gasteiger partial charge < -0.3 is 33.6 Å². The Kier molecular flexibility index (Phi) is 6.32. The van der Waals surface area contributed by atoms with Gasteiger partial charge >= 0.3 is 0 Å². The number of aryl methyl sites for hydroxylation is 1. The van der Waals surface area contributed by atoms with Crippen molar-refractivity contribution < 1.29 is 33.3 Å². The lowest BCUT2D eigenvalue weighted by Gasteiger charge is -2.14. The minimum atomic E-state index is 0. The molecule has 1 aliphatic rings. The van der Waals surface area contributed by atoms with Crippen LogP contribution in [0.3, 0.4) is 0 Å². The number of aromatic nitrogens is 1. The first kappa shape index (κ1) is 20.0. The highest BCUT2D eigenvalue weighted by atomic mass is 127. The molecule has 0 aliphatic carbocycles. The third-order valence-electron chi connectivity index (χ3n) is 4.73. The molecule has 4 rings (SSSR count). The molecule has 5 heteroatoms. The summed E-state index contributed by atoms with van der Waals surface area (Å²) >= 11 is 1.80. The van der Waals surface area contributed by atoms with Gasteiger partial charge in [-0.2, -0.15) is 4.57 Å². The summed E-state index contributed by atoms with van der Waals surface area (Å²) in [6.07, 6.45) is 4.46. The van der Waals surface area contributed by atoms with Crippen molar-refractivity contribution in [1.29, 1.82) is 0 Å². The molecule has 3 aromatic rings. The Morgan fingerprint density at radius 3 is 2.70 bits per heavy atom. The number of halogens is 1. The van der Waals surface area contributed by atoms with Crippen molar-refractivity contribution in [3.8, 4) is 5.75 Å². The maximum atomic E-state index is 5.65. The van der Waals surface area contributed by atoms with Gasteiger partial charge in [0.05, 0.1) is 22.7 Å². The van der Waals surface area contributed by atoms with E-state index in [-0.39, 0.29) is 24.0 Å². The number of ether oxygens (including phenoxy) is 1. The standard InChI is InChI=1S/C22H23N2OS.HI/c1-4-24-13-12-16(18-8-6-7-9-19(18)24)14-22-23(3)20-11-10-17(25-5-2)15-21(20)26-22;/h6-15H,4-5H2,1-3H3;1H/q+1;/p-1. The van der Waals surface area contributed by atoms with E-state index in [1.54, 1.807) is 11.8 Å². The van der Waals surface area contributed by atoms with Gasteiger partial charge in [0.15, 0.2) is 6.20 Å². The number of para-hydroxylation sites is 1. The SMILES string of the molecule is CCOc1ccc2c(c1)S/C(=C\c1cc[n+](CC)c3ccccc13)N2C.[I-]. The maximum absolute atomic E-state index is 5.65. The summed E-state index contributed by atoms with van der Waals surface area (Å²) in [5, 5.41) is 2.51. The molecule has 0 saturated heterocycles. The lowest BCUT2D eigenvalue weighted by Crippen LogP contribution is -3.00. The number of pyridine rings is 1. The molecular formula is C22H23IN2OS. The predicted molar refractivity (Wildman–Crippen MR) is 110 cm³/mol. The zero-order valence-electron chi connectivity index (χ0n) is 15.8. The number of anilines is 1. The van der Waals surface area contributed by atoms with Crippen LogP contribution in [0.4, 0.5) is 5.69 Å². The summed E-state index contributed by atoms with van der Waals surface area (Å²) in [5.74, 6) is 0.933. The topological polar surface area (TPSA) is 16.4 Å². The third-order valence-corrected chi connectivity index (χ3v) is 5.87. The van der Waals surface area contributed by atoms with Crippen LogP contribution in [0.5, 0.6) is 5.75 Å². The van der Waals surface area contributed by atoms with Crippen LogP contribution >= 0.6 is 11.8 Å². The molecule has 0 fully saturated rings. The van der Waals surface area contributed by atoms with Gasteiger partial charge in [0.25, 0.3) is 0 Å². The highest BCUT2D eigenvalue weighted by Crippen LogP contribution is 2.47. The summed E-state index contributed by atoms with van der Waals surface area (Å²) in [4.78, 5) is 3.50. The van der Waals surface area contributed by atoms with Crippen LogP contribution in [0.2, 0.25) is 0 Å². The average molecular weight is 490 g/mol. The Balaban J connectivity index is 0.00000210. The predicted octanol–water partition coefficient (Wildman–Crippen LogP) is 2.09. The first-order valence-corrected chi connectivity index (χ1v) is 9.84. The smallest absolute Gasteiger partial charge is 0.213 e. The molecule has 0 N–H and O–H groups in total. The van der Waals surface area contributed by atoms with Gasteiger partial charge in [-0.3, -0.25) is 0 Å². The minimum Gasteiger partial charge on any atom is -1.00 e. The Morgan fingerprint density at radius 2 is 1.93 bits per heavy atom. The lowest BCUT2D eigenvalue weighted by molar-refractivity contribution is -0.667.